The maximum absolute atomic E-state index is 12.6. The standard InChI is InChI=1S/C22H25NO2/c24-22(23-15-14-18-7-1-4-11-21(18)23)13-12-17-6-5-10-20(16-17)25-19-8-2-3-9-19/h1,4-7,10-11,16,19H,2-3,8-9,12-15H2. The first-order valence-electron chi connectivity index (χ1n) is 9.43. The van der Waals surface area contributed by atoms with Crippen molar-refractivity contribution >= 4 is 11.6 Å². The summed E-state index contributed by atoms with van der Waals surface area (Å²) in [6.07, 6.45) is 7.52. The monoisotopic (exact) mass is 335 g/mol. The molecule has 0 saturated heterocycles. The maximum Gasteiger partial charge on any atom is 0.227 e. The van der Waals surface area contributed by atoms with E-state index in [0.717, 1.165) is 43.7 Å². The quantitative estimate of drug-likeness (QED) is 0.803. The van der Waals surface area contributed by atoms with E-state index in [0.29, 0.717) is 12.5 Å². The van der Waals surface area contributed by atoms with Crippen molar-refractivity contribution in [1.29, 1.82) is 0 Å². The number of nitrogens with zero attached hydrogens (tertiary/aromatic N) is 1. The molecule has 25 heavy (non-hydrogen) atoms. The van der Waals surface area contributed by atoms with Crippen LogP contribution in [0.4, 0.5) is 5.69 Å². The Balaban J connectivity index is 1.36. The molecule has 3 nitrogen and oxygen atoms in total. The molecule has 0 spiro atoms. The van der Waals surface area contributed by atoms with Crippen LogP contribution in [0.2, 0.25) is 0 Å². The minimum absolute atomic E-state index is 0.215. The molecule has 1 amide bonds. The highest BCUT2D eigenvalue weighted by atomic mass is 16.5. The van der Waals surface area contributed by atoms with Crippen LogP contribution in [0.25, 0.3) is 0 Å². The molecule has 2 aliphatic rings. The van der Waals surface area contributed by atoms with Crippen molar-refractivity contribution in [3.63, 3.8) is 0 Å². The normalized spacial score (nSPS) is 16.9. The third kappa shape index (κ3) is 3.71. The van der Waals surface area contributed by atoms with E-state index in [4.69, 9.17) is 4.74 Å². The van der Waals surface area contributed by atoms with Gasteiger partial charge < -0.3 is 9.64 Å². The first-order valence-corrected chi connectivity index (χ1v) is 9.43. The number of ether oxygens (including phenoxy) is 1. The highest BCUT2D eigenvalue weighted by Crippen LogP contribution is 2.28. The smallest absolute Gasteiger partial charge is 0.227 e. The zero-order valence-electron chi connectivity index (χ0n) is 14.6. The van der Waals surface area contributed by atoms with Gasteiger partial charge in [-0.1, -0.05) is 30.3 Å². The number of para-hydroxylation sites is 1. The third-order valence-electron chi connectivity index (χ3n) is 5.32. The van der Waals surface area contributed by atoms with Gasteiger partial charge in [-0.3, -0.25) is 4.79 Å². The molecule has 4 rings (SSSR count). The van der Waals surface area contributed by atoms with E-state index in [9.17, 15) is 4.79 Å². The second-order valence-electron chi connectivity index (χ2n) is 7.10. The van der Waals surface area contributed by atoms with E-state index < -0.39 is 0 Å². The van der Waals surface area contributed by atoms with E-state index in [1.807, 2.05) is 29.2 Å². The molecule has 0 N–H and O–H groups in total. The van der Waals surface area contributed by atoms with Crippen molar-refractivity contribution in [3.05, 3.63) is 59.7 Å². The second-order valence-corrected chi connectivity index (χ2v) is 7.10. The molecule has 0 atom stereocenters. The van der Waals surface area contributed by atoms with Crippen molar-refractivity contribution in [1.82, 2.24) is 0 Å². The molecular weight excluding hydrogens is 310 g/mol. The summed E-state index contributed by atoms with van der Waals surface area (Å²) < 4.78 is 6.07. The second kappa shape index (κ2) is 7.30. The van der Waals surface area contributed by atoms with Gasteiger partial charge in [0, 0.05) is 18.7 Å². The lowest BCUT2D eigenvalue weighted by Crippen LogP contribution is -2.29. The predicted octanol–water partition coefficient (Wildman–Crippen LogP) is 4.53. The molecule has 2 aromatic carbocycles. The number of carbonyl (C=O) groups is 1. The lowest BCUT2D eigenvalue weighted by atomic mass is 10.1. The number of hydrogen-bond acceptors (Lipinski definition) is 2. The summed E-state index contributed by atoms with van der Waals surface area (Å²) in [5, 5.41) is 0. The van der Waals surface area contributed by atoms with E-state index in [1.165, 1.54) is 24.0 Å². The first kappa shape index (κ1) is 16.2. The highest BCUT2D eigenvalue weighted by molar-refractivity contribution is 5.95. The lowest BCUT2D eigenvalue weighted by Gasteiger charge is -2.17. The van der Waals surface area contributed by atoms with Gasteiger partial charge >= 0.3 is 0 Å². The molecule has 0 aromatic heterocycles. The van der Waals surface area contributed by atoms with E-state index in [1.54, 1.807) is 0 Å². The van der Waals surface area contributed by atoms with Gasteiger partial charge in [-0.25, -0.2) is 0 Å². The fourth-order valence-electron chi connectivity index (χ4n) is 3.96. The molecule has 0 unspecified atom stereocenters. The Kier molecular flexibility index (Phi) is 4.73. The zero-order chi connectivity index (χ0) is 17.1. The average Bonchev–Trinajstić information content (AvgIpc) is 3.29. The first-order chi connectivity index (χ1) is 12.3. The minimum Gasteiger partial charge on any atom is -0.490 e. The van der Waals surface area contributed by atoms with Gasteiger partial charge in [0.2, 0.25) is 5.91 Å². The highest BCUT2D eigenvalue weighted by Gasteiger charge is 2.23. The Morgan fingerprint density at radius 2 is 1.92 bits per heavy atom. The Bertz CT molecular complexity index is 749. The van der Waals surface area contributed by atoms with Crippen molar-refractivity contribution in [2.75, 3.05) is 11.4 Å². The summed E-state index contributed by atoms with van der Waals surface area (Å²) in [7, 11) is 0. The Morgan fingerprint density at radius 3 is 2.80 bits per heavy atom. The van der Waals surface area contributed by atoms with Gasteiger partial charge in [0.05, 0.1) is 6.10 Å². The summed E-state index contributed by atoms with van der Waals surface area (Å²) >= 11 is 0. The van der Waals surface area contributed by atoms with Crippen LogP contribution in [0, 0.1) is 0 Å². The molecule has 0 bridgehead atoms. The minimum atomic E-state index is 0.215. The molecule has 1 aliphatic heterocycles. The Hall–Kier alpha value is -2.29. The number of carbonyl (C=O) groups excluding carboxylic acids is 1. The van der Waals surface area contributed by atoms with Crippen LogP contribution in [0.3, 0.4) is 0 Å². The van der Waals surface area contributed by atoms with Crippen LogP contribution in [0.15, 0.2) is 48.5 Å². The molecule has 1 saturated carbocycles. The SMILES string of the molecule is O=C(CCc1cccc(OC2CCCC2)c1)N1CCc2ccccc21. The van der Waals surface area contributed by atoms with Crippen molar-refractivity contribution in [2.45, 2.75) is 51.0 Å². The average molecular weight is 335 g/mol. The van der Waals surface area contributed by atoms with Crippen LogP contribution in [0.1, 0.15) is 43.2 Å². The number of anilines is 1. The van der Waals surface area contributed by atoms with E-state index >= 15 is 0 Å². The summed E-state index contributed by atoms with van der Waals surface area (Å²) in [5.74, 6) is 1.16. The Morgan fingerprint density at radius 1 is 1.08 bits per heavy atom. The van der Waals surface area contributed by atoms with Gasteiger partial charge in [0.1, 0.15) is 5.75 Å². The summed E-state index contributed by atoms with van der Waals surface area (Å²) in [5.41, 5.74) is 3.55. The predicted molar refractivity (Wildman–Crippen MR) is 100 cm³/mol. The largest absolute Gasteiger partial charge is 0.490 e. The van der Waals surface area contributed by atoms with E-state index in [-0.39, 0.29) is 5.91 Å². The van der Waals surface area contributed by atoms with Crippen LogP contribution < -0.4 is 9.64 Å². The number of amides is 1. The molecule has 2 aromatic rings. The zero-order valence-corrected chi connectivity index (χ0v) is 14.6. The van der Waals surface area contributed by atoms with Gasteiger partial charge in [-0.2, -0.15) is 0 Å². The van der Waals surface area contributed by atoms with Crippen LogP contribution in [-0.4, -0.2) is 18.6 Å². The molecule has 1 heterocycles. The topological polar surface area (TPSA) is 29.5 Å². The molecule has 0 radical (unpaired) electrons. The number of aryl methyl sites for hydroxylation is 1. The van der Waals surface area contributed by atoms with Crippen molar-refractivity contribution in [3.8, 4) is 5.75 Å². The van der Waals surface area contributed by atoms with Gasteiger partial charge in [0.15, 0.2) is 0 Å². The Labute approximate surface area is 149 Å². The van der Waals surface area contributed by atoms with Gasteiger partial charge in [-0.05, 0) is 67.9 Å². The van der Waals surface area contributed by atoms with E-state index in [2.05, 4.69) is 24.3 Å². The molecule has 1 aliphatic carbocycles. The van der Waals surface area contributed by atoms with Crippen molar-refractivity contribution < 1.29 is 9.53 Å². The molecular formula is C22H25NO2. The maximum atomic E-state index is 12.6. The van der Waals surface area contributed by atoms with Gasteiger partial charge in [0.25, 0.3) is 0 Å². The molecule has 1 fully saturated rings. The summed E-state index contributed by atoms with van der Waals surface area (Å²) in [6, 6.07) is 16.5. The molecule has 3 heteroatoms. The number of benzene rings is 2. The van der Waals surface area contributed by atoms with Crippen molar-refractivity contribution in [2.24, 2.45) is 0 Å². The summed E-state index contributed by atoms with van der Waals surface area (Å²) in [6.45, 7) is 0.809. The summed E-state index contributed by atoms with van der Waals surface area (Å²) in [4.78, 5) is 14.6. The van der Waals surface area contributed by atoms with Gasteiger partial charge in [-0.15, -0.1) is 0 Å². The number of rotatable bonds is 5. The fraction of sp³-hybridized carbons (Fsp3) is 0.409. The van der Waals surface area contributed by atoms with Crippen LogP contribution >= 0.6 is 0 Å². The third-order valence-corrected chi connectivity index (χ3v) is 5.32. The molecule has 130 valence electrons. The fourth-order valence-corrected chi connectivity index (χ4v) is 3.96. The lowest BCUT2D eigenvalue weighted by molar-refractivity contribution is -0.118. The van der Waals surface area contributed by atoms with Crippen LogP contribution in [-0.2, 0) is 17.6 Å². The van der Waals surface area contributed by atoms with Crippen LogP contribution in [0.5, 0.6) is 5.75 Å². The number of fused-ring (bicyclic) bond motifs is 1. The number of hydrogen-bond donors (Lipinski definition) is 0.